The van der Waals surface area contributed by atoms with Crippen molar-refractivity contribution in [2.24, 2.45) is 5.14 Å². The first kappa shape index (κ1) is 15.5. The van der Waals surface area contributed by atoms with Crippen molar-refractivity contribution in [3.63, 3.8) is 0 Å². The summed E-state index contributed by atoms with van der Waals surface area (Å²) in [5.74, 6) is 0.669. The summed E-state index contributed by atoms with van der Waals surface area (Å²) < 4.78 is 28.8. The summed E-state index contributed by atoms with van der Waals surface area (Å²) in [6, 6.07) is 14.2. The molecule has 0 radical (unpaired) electrons. The first-order valence-corrected chi connectivity index (χ1v) is 8.42. The Morgan fingerprint density at radius 1 is 1.10 bits per heavy atom. The Hall–Kier alpha value is -1.85. The van der Waals surface area contributed by atoms with Gasteiger partial charge in [-0.05, 0) is 30.2 Å². The summed E-state index contributed by atoms with van der Waals surface area (Å²) in [5.41, 5.74) is 1.63. The van der Waals surface area contributed by atoms with Crippen molar-refractivity contribution < 1.29 is 13.2 Å². The van der Waals surface area contributed by atoms with Crippen molar-refractivity contribution in [3.05, 3.63) is 48.5 Å². The Labute approximate surface area is 125 Å². The molecule has 0 aliphatic heterocycles. The normalized spacial score (nSPS) is 11.3. The van der Waals surface area contributed by atoms with E-state index in [0.29, 0.717) is 12.4 Å². The van der Waals surface area contributed by atoms with E-state index in [9.17, 15) is 8.42 Å². The minimum absolute atomic E-state index is 0.0872. The molecule has 0 atom stereocenters. The number of rotatable bonds is 6. The second kappa shape index (κ2) is 6.74. The van der Waals surface area contributed by atoms with E-state index in [1.165, 1.54) is 6.07 Å². The number of ether oxygens (including phenoxy) is 1. The minimum Gasteiger partial charge on any atom is -0.493 e. The highest BCUT2D eigenvalue weighted by molar-refractivity contribution is 7.89. The van der Waals surface area contributed by atoms with Crippen molar-refractivity contribution in [1.29, 1.82) is 0 Å². The molecule has 0 aliphatic carbocycles. The molecular formula is C16H19NO3S. The molecule has 0 saturated heterocycles. The predicted octanol–water partition coefficient (Wildman–Crippen LogP) is 3.18. The molecule has 0 amide bonds. The molecule has 0 fully saturated rings. The zero-order valence-corrected chi connectivity index (χ0v) is 12.8. The van der Waals surface area contributed by atoms with Gasteiger partial charge in [0.1, 0.15) is 5.75 Å². The van der Waals surface area contributed by atoms with Gasteiger partial charge in [-0.1, -0.05) is 43.7 Å². The number of hydrogen-bond donors (Lipinski definition) is 1. The quantitative estimate of drug-likeness (QED) is 0.833. The molecule has 0 spiro atoms. The van der Waals surface area contributed by atoms with Crippen LogP contribution in [0.1, 0.15) is 19.8 Å². The number of unbranched alkanes of at least 4 members (excludes halogenated alkanes) is 1. The van der Waals surface area contributed by atoms with Crippen LogP contribution in [0.25, 0.3) is 11.1 Å². The lowest BCUT2D eigenvalue weighted by Crippen LogP contribution is -2.12. The average molecular weight is 305 g/mol. The highest BCUT2D eigenvalue weighted by Crippen LogP contribution is 2.32. The number of nitrogens with two attached hydrogens (primary N) is 1. The van der Waals surface area contributed by atoms with Crippen molar-refractivity contribution >= 4 is 10.0 Å². The van der Waals surface area contributed by atoms with Crippen molar-refractivity contribution in [3.8, 4) is 16.9 Å². The maximum Gasteiger partial charge on any atom is 0.238 e. The molecule has 4 nitrogen and oxygen atoms in total. The lowest BCUT2D eigenvalue weighted by molar-refractivity contribution is 0.310. The molecule has 0 heterocycles. The number of benzene rings is 2. The fraction of sp³-hybridized carbons (Fsp3) is 0.250. The van der Waals surface area contributed by atoms with Gasteiger partial charge in [-0.2, -0.15) is 0 Å². The Balaban J connectivity index is 2.45. The van der Waals surface area contributed by atoms with Gasteiger partial charge in [0, 0.05) is 5.56 Å². The van der Waals surface area contributed by atoms with Gasteiger partial charge in [0.15, 0.2) is 0 Å². The van der Waals surface area contributed by atoms with E-state index in [0.717, 1.165) is 24.0 Å². The van der Waals surface area contributed by atoms with Crippen molar-refractivity contribution in [2.75, 3.05) is 6.61 Å². The Morgan fingerprint density at radius 3 is 2.43 bits per heavy atom. The molecule has 0 bridgehead atoms. The molecule has 0 aromatic heterocycles. The number of sulfonamides is 1. The van der Waals surface area contributed by atoms with Gasteiger partial charge in [0.2, 0.25) is 10.0 Å². The van der Waals surface area contributed by atoms with Crippen molar-refractivity contribution in [2.45, 2.75) is 24.7 Å². The lowest BCUT2D eigenvalue weighted by Gasteiger charge is -2.13. The monoisotopic (exact) mass is 305 g/mol. The molecule has 21 heavy (non-hydrogen) atoms. The fourth-order valence-electron chi connectivity index (χ4n) is 1.98. The lowest BCUT2D eigenvalue weighted by atomic mass is 10.0. The second-order valence-corrected chi connectivity index (χ2v) is 6.33. The minimum atomic E-state index is -3.73. The van der Waals surface area contributed by atoms with Gasteiger partial charge in [0.05, 0.1) is 11.5 Å². The maximum atomic E-state index is 11.5. The van der Waals surface area contributed by atoms with Gasteiger partial charge in [-0.3, -0.25) is 0 Å². The van der Waals surface area contributed by atoms with Crippen LogP contribution < -0.4 is 9.88 Å². The third kappa shape index (κ3) is 4.06. The van der Waals surface area contributed by atoms with Crippen LogP contribution in [0.3, 0.4) is 0 Å². The SMILES string of the molecule is CCCCOc1ccc(S(N)(=O)=O)cc1-c1ccccc1. The molecule has 2 N–H and O–H groups in total. The highest BCUT2D eigenvalue weighted by atomic mass is 32.2. The first-order valence-electron chi connectivity index (χ1n) is 6.87. The van der Waals surface area contributed by atoms with E-state index in [1.807, 2.05) is 30.3 Å². The Bertz CT molecular complexity index is 697. The van der Waals surface area contributed by atoms with E-state index < -0.39 is 10.0 Å². The zero-order valence-electron chi connectivity index (χ0n) is 12.0. The average Bonchev–Trinajstić information content (AvgIpc) is 2.47. The van der Waals surface area contributed by atoms with Gasteiger partial charge >= 0.3 is 0 Å². The number of hydrogen-bond acceptors (Lipinski definition) is 3. The van der Waals surface area contributed by atoms with Crippen LogP contribution in [-0.2, 0) is 10.0 Å². The van der Waals surface area contributed by atoms with E-state index in [4.69, 9.17) is 9.88 Å². The predicted molar refractivity (Wildman–Crippen MR) is 83.7 cm³/mol. The molecule has 0 aliphatic rings. The van der Waals surface area contributed by atoms with Gasteiger partial charge in [-0.25, -0.2) is 13.6 Å². The number of primary sulfonamides is 1. The second-order valence-electron chi connectivity index (χ2n) is 4.77. The fourth-order valence-corrected chi connectivity index (χ4v) is 2.52. The van der Waals surface area contributed by atoms with Crippen molar-refractivity contribution in [1.82, 2.24) is 0 Å². The van der Waals surface area contributed by atoms with E-state index in [1.54, 1.807) is 12.1 Å². The molecule has 5 heteroatoms. The van der Waals surface area contributed by atoms with Crippen LogP contribution in [-0.4, -0.2) is 15.0 Å². The van der Waals surface area contributed by atoms with Gasteiger partial charge < -0.3 is 4.74 Å². The molecule has 112 valence electrons. The smallest absolute Gasteiger partial charge is 0.238 e. The van der Waals surface area contributed by atoms with E-state index >= 15 is 0 Å². The summed E-state index contributed by atoms with van der Waals surface area (Å²) in [7, 11) is -3.73. The highest BCUT2D eigenvalue weighted by Gasteiger charge is 2.13. The third-order valence-corrected chi connectivity index (χ3v) is 4.03. The molecule has 2 aromatic rings. The van der Waals surface area contributed by atoms with Crippen LogP contribution in [0.2, 0.25) is 0 Å². The first-order chi connectivity index (χ1) is 10.0. The van der Waals surface area contributed by atoms with E-state index in [-0.39, 0.29) is 4.90 Å². The topological polar surface area (TPSA) is 69.4 Å². The van der Waals surface area contributed by atoms with Gasteiger partial charge in [0.25, 0.3) is 0 Å². The summed E-state index contributed by atoms with van der Waals surface area (Å²) in [6.07, 6.45) is 1.99. The van der Waals surface area contributed by atoms with Crippen LogP contribution >= 0.6 is 0 Å². The Morgan fingerprint density at radius 2 is 1.81 bits per heavy atom. The largest absolute Gasteiger partial charge is 0.493 e. The van der Waals surface area contributed by atoms with Crippen LogP contribution in [0, 0.1) is 0 Å². The molecule has 0 saturated carbocycles. The van der Waals surface area contributed by atoms with E-state index in [2.05, 4.69) is 6.92 Å². The summed E-state index contributed by atoms with van der Waals surface area (Å²) in [4.78, 5) is 0.0872. The molecule has 0 unspecified atom stereocenters. The maximum absolute atomic E-state index is 11.5. The molecule has 2 rings (SSSR count). The molecular weight excluding hydrogens is 286 g/mol. The standard InChI is InChI=1S/C16H19NO3S/c1-2-3-11-20-16-10-9-14(21(17,18)19)12-15(16)13-7-5-4-6-8-13/h4-10,12H,2-3,11H2,1H3,(H2,17,18,19). The van der Waals surface area contributed by atoms with Crippen LogP contribution in [0.4, 0.5) is 0 Å². The van der Waals surface area contributed by atoms with Crippen LogP contribution in [0.15, 0.2) is 53.4 Å². The third-order valence-electron chi connectivity index (χ3n) is 3.12. The van der Waals surface area contributed by atoms with Gasteiger partial charge in [-0.15, -0.1) is 0 Å². The summed E-state index contributed by atoms with van der Waals surface area (Å²) in [6.45, 7) is 2.69. The summed E-state index contributed by atoms with van der Waals surface area (Å²) >= 11 is 0. The molecule has 2 aromatic carbocycles. The zero-order chi connectivity index (χ0) is 15.3. The summed E-state index contributed by atoms with van der Waals surface area (Å²) in [5, 5.41) is 5.21. The Kier molecular flexibility index (Phi) is 4.98. The van der Waals surface area contributed by atoms with Crippen LogP contribution in [0.5, 0.6) is 5.75 Å².